The summed E-state index contributed by atoms with van der Waals surface area (Å²) in [5.41, 5.74) is 0. The molecule has 0 radical (unpaired) electrons. The number of rotatable bonds is 1. The largest absolute Gasteiger partial charge is 0.467 e. The molecule has 1 aromatic heterocycles. The molecule has 0 aromatic carbocycles. The molecule has 0 bridgehead atoms. The summed E-state index contributed by atoms with van der Waals surface area (Å²) >= 11 is 4.02. The molecule has 3 heteroatoms. The van der Waals surface area contributed by atoms with Gasteiger partial charge in [0.2, 0.25) is 0 Å². The van der Waals surface area contributed by atoms with Gasteiger partial charge in [0.05, 0.1) is 6.26 Å². The quantitative estimate of drug-likeness (QED) is 0.706. The van der Waals surface area contributed by atoms with Crippen LogP contribution in [0.3, 0.4) is 0 Å². The van der Waals surface area contributed by atoms with Crippen molar-refractivity contribution in [3.8, 4) is 0 Å². The first kappa shape index (κ1) is 9.53. The standard InChI is InChI=1S/C10H14OS2/c1-7-6-12-10(13-8(7)2)9-4-3-5-11-9/h3-5,7-8,10H,6H2,1-2H3. The lowest BCUT2D eigenvalue weighted by Crippen LogP contribution is -2.19. The fraction of sp³-hybridized carbons (Fsp3) is 0.600. The Morgan fingerprint density at radius 2 is 2.31 bits per heavy atom. The summed E-state index contributed by atoms with van der Waals surface area (Å²) in [4.78, 5) is 0. The van der Waals surface area contributed by atoms with Crippen molar-refractivity contribution in [2.75, 3.05) is 5.75 Å². The van der Waals surface area contributed by atoms with E-state index in [0.717, 1.165) is 16.9 Å². The third kappa shape index (κ3) is 2.08. The summed E-state index contributed by atoms with van der Waals surface area (Å²) in [6, 6.07) is 4.05. The van der Waals surface area contributed by atoms with Crippen LogP contribution >= 0.6 is 23.5 Å². The van der Waals surface area contributed by atoms with E-state index >= 15 is 0 Å². The van der Waals surface area contributed by atoms with Gasteiger partial charge in [0.15, 0.2) is 0 Å². The summed E-state index contributed by atoms with van der Waals surface area (Å²) in [7, 11) is 0. The predicted molar refractivity (Wildman–Crippen MR) is 60.1 cm³/mol. The molecular weight excluding hydrogens is 200 g/mol. The van der Waals surface area contributed by atoms with Crippen molar-refractivity contribution in [2.45, 2.75) is 23.7 Å². The van der Waals surface area contributed by atoms with Crippen molar-refractivity contribution in [3.63, 3.8) is 0 Å². The molecule has 0 saturated carbocycles. The van der Waals surface area contributed by atoms with Crippen molar-refractivity contribution >= 4 is 23.5 Å². The summed E-state index contributed by atoms with van der Waals surface area (Å²) in [6.45, 7) is 4.63. The molecular formula is C10H14OS2. The molecule has 0 N–H and O–H groups in total. The third-order valence-corrected chi connectivity index (χ3v) is 5.79. The van der Waals surface area contributed by atoms with Crippen LogP contribution in [0.25, 0.3) is 0 Å². The second-order valence-electron chi connectivity index (χ2n) is 3.50. The van der Waals surface area contributed by atoms with E-state index < -0.39 is 0 Å². The lowest BCUT2D eigenvalue weighted by atomic mass is 10.1. The van der Waals surface area contributed by atoms with Crippen molar-refractivity contribution in [2.24, 2.45) is 5.92 Å². The van der Waals surface area contributed by atoms with E-state index in [2.05, 4.69) is 19.9 Å². The van der Waals surface area contributed by atoms with Gasteiger partial charge in [-0.15, -0.1) is 23.5 Å². The molecule has 72 valence electrons. The van der Waals surface area contributed by atoms with Gasteiger partial charge >= 0.3 is 0 Å². The molecule has 3 atom stereocenters. The summed E-state index contributed by atoms with van der Waals surface area (Å²) in [5.74, 6) is 3.19. The average Bonchev–Trinajstić information content (AvgIpc) is 2.62. The van der Waals surface area contributed by atoms with E-state index in [4.69, 9.17) is 4.42 Å². The molecule has 13 heavy (non-hydrogen) atoms. The van der Waals surface area contributed by atoms with Gasteiger partial charge in [0.1, 0.15) is 10.3 Å². The smallest absolute Gasteiger partial charge is 0.126 e. The molecule has 1 aliphatic rings. The molecule has 1 fully saturated rings. The Morgan fingerprint density at radius 3 is 2.92 bits per heavy atom. The maximum absolute atomic E-state index is 5.41. The van der Waals surface area contributed by atoms with Crippen LogP contribution in [0, 0.1) is 5.92 Å². The van der Waals surface area contributed by atoms with Gasteiger partial charge in [-0.05, 0) is 23.8 Å². The summed E-state index contributed by atoms with van der Waals surface area (Å²) < 4.78 is 5.93. The van der Waals surface area contributed by atoms with Crippen LogP contribution in [0.15, 0.2) is 22.8 Å². The Balaban J connectivity index is 2.03. The van der Waals surface area contributed by atoms with Crippen LogP contribution in [0.4, 0.5) is 0 Å². The molecule has 1 saturated heterocycles. The number of furan rings is 1. The van der Waals surface area contributed by atoms with Gasteiger partial charge in [0, 0.05) is 5.25 Å². The van der Waals surface area contributed by atoms with Gasteiger partial charge < -0.3 is 4.42 Å². The summed E-state index contributed by atoms with van der Waals surface area (Å²) in [6.07, 6.45) is 1.76. The first-order chi connectivity index (χ1) is 6.27. The molecule has 1 aliphatic heterocycles. The second-order valence-corrected chi connectivity index (χ2v) is 6.42. The number of hydrogen-bond acceptors (Lipinski definition) is 3. The summed E-state index contributed by atoms with van der Waals surface area (Å²) in [5, 5.41) is 0.747. The van der Waals surface area contributed by atoms with Crippen molar-refractivity contribution in [1.29, 1.82) is 0 Å². The number of hydrogen-bond donors (Lipinski definition) is 0. The van der Waals surface area contributed by atoms with Crippen molar-refractivity contribution in [1.82, 2.24) is 0 Å². The third-order valence-electron chi connectivity index (χ3n) is 2.43. The lowest BCUT2D eigenvalue weighted by molar-refractivity contribution is 0.525. The van der Waals surface area contributed by atoms with Crippen LogP contribution in [0.5, 0.6) is 0 Å². The number of thioether (sulfide) groups is 2. The lowest BCUT2D eigenvalue weighted by Gasteiger charge is -2.29. The van der Waals surface area contributed by atoms with E-state index in [1.165, 1.54) is 5.75 Å². The topological polar surface area (TPSA) is 13.1 Å². The monoisotopic (exact) mass is 214 g/mol. The van der Waals surface area contributed by atoms with Crippen LogP contribution in [0.2, 0.25) is 0 Å². The van der Waals surface area contributed by atoms with E-state index in [1.807, 2.05) is 29.6 Å². The molecule has 1 aromatic rings. The zero-order valence-electron chi connectivity index (χ0n) is 7.90. The van der Waals surface area contributed by atoms with E-state index in [0.29, 0.717) is 4.58 Å². The Hall–Kier alpha value is -0.0200. The van der Waals surface area contributed by atoms with Crippen LogP contribution < -0.4 is 0 Å². The molecule has 2 heterocycles. The Kier molecular flexibility index (Phi) is 2.94. The molecule has 3 unspecified atom stereocenters. The van der Waals surface area contributed by atoms with Crippen LogP contribution in [0.1, 0.15) is 24.2 Å². The Bertz CT molecular complexity index is 258. The average molecular weight is 214 g/mol. The fourth-order valence-electron chi connectivity index (χ4n) is 1.32. The first-order valence-electron chi connectivity index (χ1n) is 4.58. The highest BCUT2D eigenvalue weighted by atomic mass is 32.2. The Labute approximate surface area is 87.7 Å². The zero-order chi connectivity index (χ0) is 9.26. The molecule has 0 aliphatic carbocycles. The SMILES string of the molecule is CC1CSC(c2ccco2)SC1C. The van der Waals surface area contributed by atoms with Gasteiger partial charge in [-0.2, -0.15) is 0 Å². The highest BCUT2D eigenvalue weighted by Gasteiger charge is 2.27. The van der Waals surface area contributed by atoms with E-state index in [-0.39, 0.29) is 0 Å². The van der Waals surface area contributed by atoms with Crippen molar-refractivity contribution in [3.05, 3.63) is 24.2 Å². The zero-order valence-corrected chi connectivity index (χ0v) is 9.53. The molecule has 0 spiro atoms. The van der Waals surface area contributed by atoms with Gasteiger partial charge in [-0.1, -0.05) is 13.8 Å². The predicted octanol–water partition coefficient (Wildman–Crippen LogP) is 3.78. The van der Waals surface area contributed by atoms with E-state index in [1.54, 1.807) is 6.26 Å². The van der Waals surface area contributed by atoms with Crippen LogP contribution in [-0.4, -0.2) is 11.0 Å². The van der Waals surface area contributed by atoms with Gasteiger partial charge in [-0.3, -0.25) is 0 Å². The second kappa shape index (κ2) is 4.01. The van der Waals surface area contributed by atoms with Gasteiger partial charge in [0.25, 0.3) is 0 Å². The van der Waals surface area contributed by atoms with Crippen LogP contribution in [-0.2, 0) is 0 Å². The molecule has 0 amide bonds. The van der Waals surface area contributed by atoms with Gasteiger partial charge in [-0.25, -0.2) is 0 Å². The minimum atomic E-state index is 0.515. The minimum Gasteiger partial charge on any atom is -0.467 e. The molecule has 2 rings (SSSR count). The Morgan fingerprint density at radius 1 is 1.46 bits per heavy atom. The highest BCUT2D eigenvalue weighted by Crippen LogP contribution is 2.48. The maximum atomic E-state index is 5.41. The van der Waals surface area contributed by atoms with Crippen molar-refractivity contribution < 1.29 is 4.42 Å². The first-order valence-corrected chi connectivity index (χ1v) is 6.57. The highest BCUT2D eigenvalue weighted by molar-refractivity contribution is 8.17. The minimum absolute atomic E-state index is 0.515. The fourth-order valence-corrected chi connectivity index (χ4v) is 4.60. The molecule has 1 nitrogen and oxygen atoms in total. The maximum Gasteiger partial charge on any atom is 0.126 e. The normalized spacial score (nSPS) is 34.8. The van der Waals surface area contributed by atoms with E-state index in [9.17, 15) is 0 Å².